The number of nitrogens with two attached hydrogens (primary N) is 1. The highest BCUT2D eigenvalue weighted by atomic mass is 16.4. The highest BCUT2D eigenvalue weighted by Gasteiger charge is 2.20. The number of rotatable bonds is 5. The second-order valence-corrected chi connectivity index (χ2v) is 5.46. The molecule has 3 atom stereocenters. The van der Waals surface area contributed by atoms with Crippen LogP contribution in [-0.2, 0) is 4.79 Å². The van der Waals surface area contributed by atoms with Crippen LogP contribution in [0.2, 0.25) is 0 Å². The quantitative estimate of drug-likeness (QED) is 0.302. The van der Waals surface area contributed by atoms with E-state index in [9.17, 15) is 4.79 Å². The summed E-state index contributed by atoms with van der Waals surface area (Å²) in [5.41, 5.74) is 5.39. The van der Waals surface area contributed by atoms with Crippen LogP contribution in [0.15, 0.2) is 5.16 Å². The molecule has 0 saturated heterocycles. The standard InChI is InChI=1S/C13H25N3O2/c1-9-4-3-5-11(8-9)6-7-15-13(17)10(2)12(14)16-18/h9-11,18H,3-8H2,1-2H3,(H2,14,16)(H,15,17). The molecule has 3 unspecified atom stereocenters. The van der Waals surface area contributed by atoms with Crippen molar-refractivity contribution in [1.82, 2.24) is 5.32 Å². The van der Waals surface area contributed by atoms with Crippen LogP contribution >= 0.6 is 0 Å². The van der Waals surface area contributed by atoms with Crippen LogP contribution in [0.1, 0.15) is 46.0 Å². The van der Waals surface area contributed by atoms with E-state index in [1.165, 1.54) is 25.7 Å². The van der Waals surface area contributed by atoms with Gasteiger partial charge in [-0.1, -0.05) is 31.3 Å². The summed E-state index contributed by atoms with van der Waals surface area (Å²) in [5.74, 6) is 0.761. The average Bonchev–Trinajstić information content (AvgIpc) is 2.36. The van der Waals surface area contributed by atoms with E-state index in [4.69, 9.17) is 10.9 Å². The summed E-state index contributed by atoms with van der Waals surface area (Å²) in [6.07, 6.45) is 6.21. The maximum Gasteiger partial charge on any atom is 0.230 e. The molecule has 1 saturated carbocycles. The van der Waals surface area contributed by atoms with E-state index in [2.05, 4.69) is 17.4 Å². The van der Waals surface area contributed by atoms with Gasteiger partial charge in [-0.2, -0.15) is 0 Å². The van der Waals surface area contributed by atoms with Gasteiger partial charge in [0.05, 0.1) is 5.92 Å². The third kappa shape index (κ3) is 4.55. The van der Waals surface area contributed by atoms with Gasteiger partial charge in [0.25, 0.3) is 0 Å². The van der Waals surface area contributed by atoms with Crippen molar-refractivity contribution in [2.75, 3.05) is 6.54 Å². The fourth-order valence-electron chi connectivity index (χ4n) is 2.60. The molecule has 0 aromatic rings. The van der Waals surface area contributed by atoms with Crippen molar-refractivity contribution in [3.8, 4) is 0 Å². The zero-order valence-electron chi connectivity index (χ0n) is 11.4. The van der Waals surface area contributed by atoms with Crippen molar-refractivity contribution in [3.63, 3.8) is 0 Å². The number of amides is 1. The molecule has 0 aliphatic heterocycles. The number of nitrogens with zero attached hydrogens (tertiary/aromatic N) is 1. The Morgan fingerprint density at radius 1 is 1.56 bits per heavy atom. The van der Waals surface area contributed by atoms with Gasteiger partial charge in [-0.05, 0) is 31.6 Å². The lowest BCUT2D eigenvalue weighted by Crippen LogP contribution is -2.38. The van der Waals surface area contributed by atoms with E-state index in [1.807, 2.05) is 0 Å². The molecule has 18 heavy (non-hydrogen) atoms. The van der Waals surface area contributed by atoms with E-state index in [0.717, 1.165) is 18.3 Å². The third-order valence-electron chi connectivity index (χ3n) is 3.85. The molecule has 104 valence electrons. The first-order chi connectivity index (χ1) is 8.54. The van der Waals surface area contributed by atoms with Gasteiger partial charge >= 0.3 is 0 Å². The first-order valence-electron chi connectivity index (χ1n) is 6.79. The highest BCUT2D eigenvalue weighted by Crippen LogP contribution is 2.30. The minimum Gasteiger partial charge on any atom is -0.409 e. The molecule has 4 N–H and O–H groups in total. The molecule has 1 fully saturated rings. The average molecular weight is 255 g/mol. The molecular weight excluding hydrogens is 230 g/mol. The summed E-state index contributed by atoms with van der Waals surface area (Å²) in [6.45, 7) is 4.61. The lowest BCUT2D eigenvalue weighted by molar-refractivity contribution is -0.122. The number of oxime groups is 1. The maximum atomic E-state index is 11.7. The zero-order valence-corrected chi connectivity index (χ0v) is 11.4. The topological polar surface area (TPSA) is 87.7 Å². The SMILES string of the molecule is CC1CCCC(CCNC(=O)C(C)C(N)=NO)C1. The smallest absolute Gasteiger partial charge is 0.230 e. The van der Waals surface area contributed by atoms with Crippen LogP contribution < -0.4 is 11.1 Å². The van der Waals surface area contributed by atoms with Crippen LogP contribution in [0.5, 0.6) is 0 Å². The van der Waals surface area contributed by atoms with E-state index in [-0.39, 0.29) is 11.7 Å². The van der Waals surface area contributed by atoms with E-state index in [1.54, 1.807) is 6.92 Å². The minimum atomic E-state index is -0.569. The van der Waals surface area contributed by atoms with E-state index >= 15 is 0 Å². The molecule has 0 heterocycles. The molecule has 1 rings (SSSR count). The molecule has 0 spiro atoms. The van der Waals surface area contributed by atoms with Gasteiger partial charge in [0.1, 0.15) is 0 Å². The van der Waals surface area contributed by atoms with Crippen molar-refractivity contribution in [2.45, 2.75) is 46.0 Å². The van der Waals surface area contributed by atoms with Gasteiger partial charge in [0, 0.05) is 6.54 Å². The predicted octanol–water partition coefficient (Wildman–Crippen LogP) is 1.70. The molecule has 1 aliphatic carbocycles. The molecule has 5 nitrogen and oxygen atoms in total. The van der Waals surface area contributed by atoms with Crippen molar-refractivity contribution in [1.29, 1.82) is 0 Å². The summed E-state index contributed by atoms with van der Waals surface area (Å²) in [7, 11) is 0. The van der Waals surface area contributed by atoms with Crippen molar-refractivity contribution in [3.05, 3.63) is 0 Å². The molecule has 1 amide bonds. The number of amidine groups is 1. The number of hydrogen-bond acceptors (Lipinski definition) is 3. The van der Waals surface area contributed by atoms with Crippen molar-refractivity contribution >= 4 is 11.7 Å². The summed E-state index contributed by atoms with van der Waals surface area (Å²) in [5, 5.41) is 14.2. The zero-order chi connectivity index (χ0) is 13.5. The second kappa shape index (κ2) is 7.24. The highest BCUT2D eigenvalue weighted by molar-refractivity contribution is 6.01. The molecule has 0 bridgehead atoms. The Bertz CT molecular complexity index is 305. The van der Waals surface area contributed by atoms with Gasteiger partial charge in [-0.15, -0.1) is 0 Å². The number of nitrogens with one attached hydrogen (secondary N) is 1. The Hall–Kier alpha value is -1.26. The summed E-state index contributed by atoms with van der Waals surface area (Å²) in [4.78, 5) is 11.7. The van der Waals surface area contributed by atoms with Gasteiger partial charge < -0.3 is 16.3 Å². The Labute approximate surface area is 109 Å². The molecule has 1 aliphatic rings. The largest absolute Gasteiger partial charge is 0.409 e. The normalized spacial score (nSPS) is 26.7. The van der Waals surface area contributed by atoms with Crippen LogP contribution in [0, 0.1) is 17.8 Å². The van der Waals surface area contributed by atoms with Crippen molar-refractivity contribution < 1.29 is 10.0 Å². The number of carbonyl (C=O) groups is 1. The first-order valence-corrected chi connectivity index (χ1v) is 6.79. The fraction of sp³-hybridized carbons (Fsp3) is 0.846. The summed E-state index contributed by atoms with van der Waals surface area (Å²) >= 11 is 0. The fourth-order valence-corrected chi connectivity index (χ4v) is 2.60. The van der Waals surface area contributed by atoms with Crippen LogP contribution in [0.25, 0.3) is 0 Å². The van der Waals surface area contributed by atoms with Gasteiger partial charge in [-0.25, -0.2) is 0 Å². The molecule has 0 radical (unpaired) electrons. The number of hydrogen-bond donors (Lipinski definition) is 3. The molecule has 0 aromatic carbocycles. The van der Waals surface area contributed by atoms with Crippen LogP contribution in [0.3, 0.4) is 0 Å². The van der Waals surface area contributed by atoms with E-state index in [0.29, 0.717) is 6.54 Å². The Morgan fingerprint density at radius 2 is 2.28 bits per heavy atom. The predicted molar refractivity (Wildman–Crippen MR) is 71.3 cm³/mol. The molecule has 0 aromatic heterocycles. The monoisotopic (exact) mass is 255 g/mol. The Kier molecular flexibility index (Phi) is 5.95. The molecular formula is C13H25N3O2. The van der Waals surface area contributed by atoms with E-state index < -0.39 is 5.92 Å². The maximum absolute atomic E-state index is 11.7. The summed E-state index contributed by atoms with van der Waals surface area (Å²) < 4.78 is 0. The first kappa shape index (κ1) is 14.8. The van der Waals surface area contributed by atoms with Crippen LogP contribution in [0.4, 0.5) is 0 Å². The van der Waals surface area contributed by atoms with Gasteiger partial charge in [0.2, 0.25) is 5.91 Å². The van der Waals surface area contributed by atoms with Crippen LogP contribution in [-0.4, -0.2) is 23.5 Å². The lowest BCUT2D eigenvalue weighted by Gasteiger charge is -2.26. The Balaban J connectivity index is 2.23. The lowest BCUT2D eigenvalue weighted by atomic mass is 9.81. The van der Waals surface area contributed by atoms with Gasteiger partial charge in [-0.3, -0.25) is 4.79 Å². The van der Waals surface area contributed by atoms with Crippen molar-refractivity contribution in [2.24, 2.45) is 28.6 Å². The summed E-state index contributed by atoms with van der Waals surface area (Å²) in [6, 6.07) is 0. The molecule has 5 heteroatoms. The third-order valence-corrected chi connectivity index (χ3v) is 3.85. The Morgan fingerprint density at radius 3 is 2.89 bits per heavy atom. The minimum absolute atomic E-state index is 0.0428. The number of carbonyl (C=O) groups excluding carboxylic acids is 1. The second-order valence-electron chi connectivity index (χ2n) is 5.46. The van der Waals surface area contributed by atoms with Gasteiger partial charge in [0.15, 0.2) is 5.84 Å².